The minimum Gasteiger partial charge on any atom is -0.251 e. The summed E-state index contributed by atoms with van der Waals surface area (Å²) >= 11 is 0. The van der Waals surface area contributed by atoms with E-state index in [-0.39, 0.29) is 12.8 Å². The van der Waals surface area contributed by atoms with Gasteiger partial charge in [0.1, 0.15) is 6.17 Å². The molecule has 0 aliphatic heterocycles. The largest absolute Gasteiger partial charge is 0.272 e. The highest BCUT2D eigenvalue weighted by Gasteiger charge is 2.35. The predicted molar refractivity (Wildman–Crippen MR) is 40.5 cm³/mol. The Morgan fingerprint density at radius 3 is 1.79 bits per heavy atom. The summed E-state index contributed by atoms with van der Waals surface area (Å²) in [6.07, 6.45) is -12.1. The molecular formula is C8H12F6. The maximum Gasteiger partial charge on any atom is 0.272 e. The van der Waals surface area contributed by atoms with Crippen molar-refractivity contribution in [2.45, 2.75) is 44.2 Å². The third kappa shape index (κ3) is 4.72. The van der Waals surface area contributed by atoms with E-state index < -0.39 is 38.0 Å². The van der Waals surface area contributed by atoms with E-state index in [1.54, 1.807) is 0 Å². The highest BCUT2D eigenvalue weighted by atomic mass is 19.3. The summed E-state index contributed by atoms with van der Waals surface area (Å²) in [5.74, 6) is 0. The zero-order valence-electron chi connectivity index (χ0n) is 7.41. The van der Waals surface area contributed by atoms with Crippen molar-refractivity contribution in [3.63, 3.8) is 0 Å². The predicted octanol–water partition coefficient (Wildman–Crippen LogP) is 3.41. The molecule has 0 amide bonds. The van der Waals surface area contributed by atoms with Gasteiger partial charge in [-0.05, 0) is 19.3 Å². The standard InChI is InChI=1S/C8H12F6/c9-4-2-1-3-5(10)6(11)7(12)8(13)14/h5-8H,1-4H2. The summed E-state index contributed by atoms with van der Waals surface area (Å²) in [5, 5.41) is 0. The average Bonchev–Trinajstić information content (AvgIpc) is 2.15. The van der Waals surface area contributed by atoms with Crippen molar-refractivity contribution in [1.29, 1.82) is 0 Å². The molecular weight excluding hydrogens is 210 g/mol. The number of hydrogen-bond acceptors (Lipinski definition) is 0. The third-order valence-corrected chi connectivity index (χ3v) is 1.75. The van der Waals surface area contributed by atoms with Crippen molar-refractivity contribution in [2.24, 2.45) is 0 Å². The molecule has 14 heavy (non-hydrogen) atoms. The molecule has 0 saturated carbocycles. The lowest BCUT2D eigenvalue weighted by Crippen LogP contribution is -2.33. The van der Waals surface area contributed by atoms with Gasteiger partial charge < -0.3 is 0 Å². The Morgan fingerprint density at radius 2 is 1.36 bits per heavy atom. The van der Waals surface area contributed by atoms with Crippen LogP contribution < -0.4 is 0 Å². The van der Waals surface area contributed by atoms with Crippen LogP contribution in [0.2, 0.25) is 0 Å². The topological polar surface area (TPSA) is 0 Å². The molecule has 0 aromatic carbocycles. The molecule has 3 atom stereocenters. The van der Waals surface area contributed by atoms with E-state index in [1.807, 2.05) is 0 Å². The van der Waals surface area contributed by atoms with Gasteiger partial charge in [0.2, 0.25) is 0 Å². The van der Waals surface area contributed by atoms with Gasteiger partial charge in [-0.2, -0.15) is 0 Å². The van der Waals surface area contributed by atoms with Crippen LogP contribution in [0.4, 0.5) is 26.3 Å². The van der Waals surface area contributed by atoms with Crippen molar-refractivity contribution in [2.75, 3.05) is 6.67 Å². The fourth-order valence-electron chi connectivity index (χ4n) is 0.932. The Bertz CT molecular complexity index is 140. The van der Waals surface area contributed by atoms with E-state index in [2.05, 4.69) is 0 Å². The van der Waals surface area contributed by atoms with Crippen molar-refractivity contribution in [3.05, 3.63) is 0 Å². The second kappa shape index (κ2) is 6.95. The Kier molecular flexibility index (Phi) is 6.74. The first kappa shape index (κ1) is 13.6. The molecule has 0 spiro atoms. The molecule has 0 aromatic rings. The summed E-state index contributed by atoms with van der Waals surface area (Å²) in [4.78, 5) is 0. The summed E-state index contributed by atoms with van der Waals surface area (Å²) in [5.41, 5.74) is 0. The van der Waals surface area contributed by atoms with Crippen LogP contribution in [0.15, 0.2) is 0 Å². The molecule has 0 rings (SSSR count). The van der Waals surface area contributed by atoms with Crippen molar-refractivity contribution in [3.8, 4) is 0 Å². The molecule has 0 saturated heterocycles. The average molecular weight is 222 g/mol. The van der Waals surface area contributed by atoms with Gasteiger partial charge in [-0.25, -0.2) is 22.0 Å². The first-order valence-electron chi connectivity index (χ1n) is 4.27. The zero-order chi connectivity index (χ0) is 11.1. The first-order chi connectivity index (χ1) is 6.50. The molecule has 0 aliphatic rings. The van der Waals surface area contributed by atoms with Gasteiger partial charge in [0, 0.05) is 0 Å². The normalized spacial score (nSPS) is 18.2. The van der Waals surface area contributed by atoms with E-state index in [0.29, 0.717) is 0 Å². The van der Waals surface area contributed by atoms with Gasteiger partial charge in [-0.3, -0.25) is 4.39 Å². The van der Waals surface area contributed by atoms with Crippen molar-refractivity contribution in [1.82, 2.24) is 0 Å². The van der Waals surface area contributed by atoms with Crippen LogP contribution in [0.25, 0.3) is 0 Å². The van der Waals surface area contributed by atoms with Gasteiger partial charge in [0.25, 0.3) is 6.43 Å². The van der Waals surface area contributed by atoms with E-state index in [4.69, 9.17) is 0 Å². The molecule has 86 valence electrons. The summed E-state index contributed by atoms with van der Waals surface area (Å²) in [7, 11) is 0. The van der Waals surface area contributed by atoms with Crippen LogP contribution in [0.3, 0.4) is 0 Å². The lowest BCUT2D eigenvalue weighted by Gasteiger charge is -2.16. The smallest absolute Gasteiger partial charge is 0.251 e. The van der Waals surface area contributed by atoms with Crippen LogP contribution in [-0.2, 0) is 0 Å². The SMILES string of the molecule is FCCCCC(F)C(F)C(F)C(F)F. The van der Waals surface area contributed by atoms with Crippen LogP contribution in [0, 0.1) is 0 Å². The number of hydrogen-bond donors (Lipinski definition) is 0. The van der Waals surface area contributed by atoms with Crippen molar-refractivity contribution < 1.29 is 26.3 Å². The van der Waals surface area contributed by atoms with E-state index in [0.717, 1.165) is 0 Å². The maximum absolute atomic E-state index is 12.7. The van der Waals surface area contributed by atoms with Gasteiger partial charge in [-0.1, -0.05) is 0 Å². The monoisotopic (exact) mass is 222 g/mol. The number of alkyl halides is 6. The van der Waals surface area contributed by atoms with Crippen LogP contribution in [-0.4, -0.2) is 31.6 Å². The molecule has 0 fully saturated rings. The Morgan fingerprint density at radius 1 is 0.786 bits per heavy atom. The van der Waals surface area contributed by atoms with Crippen LogP contribution in [0.5, 0.6) is 0 Å². The second-order valence-corrected chi connectivity index (χ2v) is 2.92. The molecule has 0 aliphatic carbocycles. The molecule has 0 N–H and O–H groups in total. The van der Waals surface area contributed by atoms with E-state index in [9.17, 15) is 26.3 Å². The van der Waals surface area contributed by atoms with Crippen molar-refractivity contribution >= 4 is 0 Å². The fraction of sp³-hybridized carbons (Fsp3) is 1.00. The Hall–Kier alpha value is -0.420. The number of halogens is 6. The zero-order valence-corrected chi connectivity index (χ0v) is 7.41. The number of unbranched alkanes of at least 4 members (excludes halogenated alkanes) is 1. The molecule has 0 heterocycles. The highest BCUT2D eigenvalue weighted by Crippen LogP contribution is 2.21. The fourth-order valence-corrected chi connectivity index (χ4v) is 0.932. The molecule has 3 unspecified atom stereocenters. The quantitative estimate of drug-likeness (QED) is 0.457. The molecule has 0 nitrogen and oxygen atoms in total. The van der Waals surface area contributed by atoms with Gasteiger partial charge in [0.05, 0.1) is 6.67 Å². The van der Waals surface area contributed by atoms with Crippen LogP contribution >= 0.6 is 0 Å². The summed E-state index contributed by atoms with van der Waals surface area (Å²) in [6, 6.07) is 0. The Labute approximate surface area is 78.3 Å². The Balaban J connectivity index is 3.80. The highest BCUT2D eigenvalue weighted by molar-refractivity contribution is 4.78. The van der Waals surface area contributed by atoms with E-state index in [1.165, 1.54) is 0 Å². The van der Waals surface area contributed by atoms with Gasteiger partial charge in [0.15, 0.2) is 12.3 Å². The lowest BCUT2D eigenvalue weighted by molar-refractivity contribution is -0.0249. The van der Waals surface area contributed by atoms with Gasteiger partial charge >= 0.3 is 0 Å². The molecule has 0 radical (unpaired) electrons. The minimum atomic E-state index is -3.52. The first-order valence-corrected chi connectivity index (χ1v) is 4.27. The van der Waals surface area contributed by atoms with Crippen LogP contribution in [0.1, 0.15) is 19.3 Å². The van der Waals surface area contributed by atoms with Gasteiger partial charge in [-0.15, -0.1) is 0 Å². The second-order valence-electron chi connectivity index (χ2n) is 2.92. The third-order valence-electron chi connectivity index (χ3n) is 1.75. The summed E-state index contributed by atoms with van der Waals surface area (Å²) < 4.78 is 72.1. The maximum atomic E-state index is 12.7. The minimum absolute atomic E-state index is 0.0219. The summed E-state index contributed by atoms with van der Waals surface area (Å²) in [6.45, 7) is -0.683. The molecule has 6 heteroatoms. The number of rotatable bonds is 7. The van der Waals surface area contributed by atoms with E-state index >= 15 is 0 Å². The lowest BCUT2D eigenvalue weighted by atomic mass is 10.1. The molecule has 0 bridgehead atoms. The molecule has 0 aromatic heterocycles.